The van der Waals surface area contributed by atoms with E-state index in [2.05, 4.69) is 34.8 Å². The first kappa shape index (κ1) is 14.4. The predicted molar refractivity (Wildman–Crippen MR) is 36.2 cm³/mol. The highest BCUT2D eigenvalue weighted by molar-refractivity contribution is 6.48. The molecule has 0 fully saturated rings. The van der Waals surface area contributed by atoms with Crippen molar-refractivity contribution in [1.29, 1.82) is 0 Å². The molecule has 1 unspecified atom stereocenters. The highest BCUT2D eigenvalue weighted by Crippen LogP contribution is 2.56. The Hall–Kier alpha value is 0.380. The van der Waals surface area contributed by atoms with Crippen molar-refractivity contribution in [3.05, 3.63) is 0 Å². The van der Waals surface area contributed by atoms with Crippen molar-refractivity contribution in [3.63, 3.8) is 0 Å². The van der Waals surface area contributed by atoms with Gasteiger partial charge in [0, 0.05) is 0 Å². The third-order valence-corrected chi connectivity index (χ3v) is 2.03. The minimum atomic E-state index is -6.22. The highest BCUT2D eigenvalue weighted by atomic mass is 35.5. The first-order valence-electron chi connectivity index (χ1n) is 2.64. The Labute approximate surface area is 87.9 Å². The van der Waals surface area contributed by atoms with E-state index in [9.17, 15) is 30.7 Å². The fourth-order valence-corrected chi connectivity index (χ4v) is 0.843. The number of halogens is 10. The minimum Gasteiger partial charge on any atom is -0.209 e. The van der Waals surface area contributed by atoms with Gasteiger partial charge in [0.2, 0.25) is 0 Å². The molecule has 0 saturated carbocycles. The van der Waals surface area contributed by atoms with Gasteiger partial charge in [-0.3, -0.25) is 0 Å². The summed E-state index contributed by atoms with van der Waals surface area (Å²) in [6, 6.07) is 0. The van der Waals surface area contributed by atoms with Crippen LogP contribution in [0.25, 0.3) is 0 Å². The van der Waals surface area contributed by atoms with Gasteiger partial charge >= 0.3 is 21.8 Å². The van der Waals surface area contributed by atoms with E-state index in [1.807, 2.05) is 0 Å². The Kier molecular flexibility index (Phi) is 3.54. The lowest BCUT2D eigenvalue weighted by Crippen LogP contribution is -2.57. The Morgan fingerprint density at radius 3 is 1.00 bits per heavy atom. The van der Waals surface area contributed by atoms with E-state index < -0.39 is 21.8 Å². The second-order valence-electron chi connectivity index (χ2n) is 2.14. The summed E-state index contributed by atoms with van der Waals surface area (Å²) in [7, 11) is 0. The first-order valence-corrected chi connectivity index (χ1v) is 3.77. The smallest absolute Gasteiger partial charge is 0.209 e. The third kappa shape index (κ3) is 2.14. The molecule has 0 spiro atoms. The van der Waals surface area contributed by atoms with Gasteiger partial charge < -0.3 is 0 Å². The summed E-state index contributed by atoms with van der Waals surface area (Å²) >= 11 is 11.9. The summed E-state index contributed by atoms with van der Waals surface area (Å²) in [5.74, 6) is -5.84. The number of hydrogen-bond acceptors (Lipinski definition) is 0. The van der Waals surface area contributed by atoms with Crippen LogP contribution >= 0.6 is 34.8 Å². The Morgan fingerprint density at radius 1 is 0.643 bits per heavy atom. The maximum Gasteiger partial charge on any atom is 0.443 e. The van der Waals surface area contributed by atoms with Crippen molar-refractivity contribution in [2.45, 2.75) is 21.8 Å². The Morgan fingerprint density at radius 2 is 0.929 bits per heavy atom. The summed E-state index contributed by atoms with van der Waals surface area (Å²) in [5, 5.41) is -5.68. The van der Waals surface area contributed by atoms with Crippen molar-refractivity contribution in [2.24, 2.45) is 0 Å². The van der Waals surface area contributed by atoms with Gasteiger partial charge in [-0.2, -0.15) is 22.0 Å². The molecule has 0 aliphatic carbocycles. The van der Waals surface area contributed by atoms with Crippen molar-refractivity contribution in [2.75, 3.05) is 0 Å². The normalized spacial score (nSPS) is 19.3. The van der Waals surface area contributed by atoms with Gasteiger partial charge in [-0.25, -0.2) is 8.78 Å². The van der Waals surface area contributed by atoms with Crippen LogP contribution in [0.2, 0.25) is 0 Å². The second kappa shape index (κ2) is 3.45. The van der Waals surface area contributed by atoms with E-state index in [1.54, 1.807) is 0 Å². The lowest BCUT2D eigenvalue weighted by Gasteiger charge is -2.32. The molecule has 0 amide bonds. The van der Waals surface area contributed by atoms with Crippen LogP contribution in [0.15, 0.2) is 0 Å². The molecular formula is C4Cl3F7. The summed E-state index contributed by atoms with van der Waals surface area (Å²) < 4.78 is 79.2. The zero-order valence-corrected chi connectivity index (χ0v) is 8.05. The van der Waals surface area contributed by atoms with Crippen LogP contribution in [-0.2, 0) is 0 Å². The fraction of sp³-hybridized carbons (Fsp3) is 1.00. The van der Waals surface area contributed by atoms with Crippen molar-refractivity contribution in [1.82, 2.24) is 0 Å². The quantitative estimate of drug-likeness (QED) is 0.528. The van der Waals surface area contributed by atoms with Crippen LogP contribution in [-0.4, -0.2) is 21.8 Å². The van der Waals surface area contributed by atoms with Gasteiger partial charge in [-0.05, 0) is 0 Å². The number of hydrogen-bond donors (Lipinski definition) is 0. The average molecular weight is 287 g/mol. The predicted octanol–water partition coefficient (Wildman–Crippen LogP) is 4.19. The summed E-state index contributed by atoms with van der Waals surface area (Å²) in [5.41, 5.74) is 0. The molecule has 0 aromatic rings. The van der Waals surface area contributed by atoms with Crippen LogP contribution < -0.4 is 0 Å². The van der Waals surface area contributed by atoms with Crippen LogP contribution in [0.5, 0.6) is 0 Å². The van der Waals surface area contributed by atoms with E-state index in [0.29, 0.717) is 0 Å². The van der Waals surface area contributed by atoms with Crippen LogP contribution in [0.3, 0.4) is 0 Å². The van der Waals surface area contributed by atoms with Crippen molar-refractivity contribution < 1.29 is 30.7 Å². The molecule has 0 radical (unpaired) electrons. The van der Waals surface area contributed by atoms with Crippen LogP contribution in [0, 0.1) is 0 Å². The molecule has 0 aliphatic heterocycles. The molecule has 0 bridgehead atoms. The molecule has 86 valence electrons. The molecule has 0 N–H and O–H groups in total. The molecule has 0 heterocycles. The summed E-state index contributed by atoms with van der Waals surface area (Å²) in [6.45, 7) is 0. The molecule has 0 aromatic carbocycles. The van der Waals surface area contributed by atoms with Crippen molar-refractivity contribution >= 4 is 34.8 Å². The zero-order valence-electron chi connectivity index (χ0n) is 5.78. The summed E-state index contributed by atoms with van der Waals surface area (Å²) in [4.78, 5) is 0. The molecule has 1 atom stereocenters. The Bertz CT molecular complexity index is 190. The average Bonchev–Trinajstić information content (AvgIpc) is 1.81. The first-order chi connectivity index (χ1) is 5.75. The third-order valence-electron chi connectivity index (χ3n) is 1.11. The standard InChI is InChI=1S/C4Cl3F7/c5-1(8,4(12,13)14)2(9,10)3(6,7)11. The largest absolute Gasteiger partial charge is 0.443 e. The van der Waals surface area contributed by atoms with E-state index >= 15 is 0 Å². The maximum absolute atomic E-state index is 12.4. The molecule has 10 heteroatoms. The molecule has 0 rings (SSSR count). The monoisotopic (exact) mass is 286 g/mol. The van der Waals surface area contributed by atoms with E-state index in [-0.39, 0.29) is 0 Å². The van der Waals surface area contributed by atoms with Gasteiger partial charge in [-0.1, -0.05) is 34.8 Å². The molecule has 0 aliphatic rings. The molecular weight excluding hydrogens is 287 g/mol. The highest BCUT2D eigenvalue weighted by Gasteiger charge is 2.78. The molecule has 0 aromatic heterocycles. The summed E-state index contributed by atoms with van der Waals surface area (Å²) in [6.07, 6.45) is -6.22. The minimum absolute atomic E-state index is 3.84. The van der Waals surface area contributed by atoms with Crippen LogP contribution in [0.4, 0.5) is 30.7 Å². The van der Waals surface area contributed by atoms with Gasteiger partial charge in [0.25, 0.3) is 0 Å². The van der Waals surface area contributed by atoms with Gasteiger partial charge in [-0.15, -0.1) is 0 Å². The number of rotatable bonds is 2. The van der Waals surface area contributed by atoms with E-state index in [0.717, 1.165) is 0 Å². The lowest BCUT2D eigenvalue weighted by atomic mass is 10.2. The SMILES string of the molecule is FC(F)(F)C(F)(Cl)C(F)(F)C(F)(Cl)Cl. The van der Waals surface area contributed by atoms with E-state index in [4.69, 9.17) is 0 Å². The maximum atomic E-state index is 12.4. The van der Waals surface area contributed by atoms with Gasteiger partial charge in [0.1, 0.15) is 0 Å². The van der Waals surface area contributed by atoms with Gasteiger partial charge in [0.15, 0.2) is 0 Å². The zero-order chi connectivity index (χ0) is 12.0. The second-order valence-corrected chi connectivity index (χ2v) is 3.90. The molecule has 0 nitrogen and oxygen atoms in total. The topological polar surface area (TPSA) is 0 Å². The van der Waals surface area contributed by atoms with E-state index in [1.165, 1.54) is 0 Å². The number of alkyl halides is 10. The molecule has 14 heavy (non-hydrogen) atoms. The van der Waals surface area contributed by atoms with Crippen molar-refractivity contribution in [3.8, 4) is 0 Å². The van der Waals surface area contributed by atoms with Gasteiger partial charge in [0.05, 0.1) is 0 Å². The Balaban J connectivity index is 5.30. The fourth-order valence-electron chi connectivity index (χ4n) is 0.356. The van der Waals surface area contributed by atoms with Crippen LogP contribution in [0.1, 0.15) is 0 Å². The lowest BCUT2D eigenvalue weighted by molar-refractivity contribution is -0.277. The molecule has 0 saturated heterocycles.